The fourth-order valence-electron chi connectivity index (χ4n) is 1.66. The first-order valence-corrected chi connectivity index (χ1v) is 6.45. The van der Waals surface area contributed by atoms with Gasteiger partial charge in [-0.2, -0.15) is 4.45 Å². The standard InChI is InChI=1S/C14H13BrN2O2/c1-19-13-9-5-8-12(10-13)17(16-15)14(18)11-6-3-2-4-7-11/h2-10,16H,1H3. The summed E-state index contributed by atoms with van der Waals surface area (Å²) in [4.78, 5) is 12.4. The van der Waals surface area contributed by atoms with Crippen LogP contribution in [-0.2, 0) is 0 Å². The van der Waals surface area contributed by atoms with E-state index in [1.54, 1.807) is 25.3 Å². The Morgan fingerprint density at radius 2 is 1.89 bits per heavy atom. The molecule has 0 spiro atoms. The number of nitrogens with one attached hydrogen (secondary N) is 1. The van der Waals surface area contributed by atoms with Gasteiger partial charge in [-0.3, -0.25) is 4.79 Å². The third-order valence-corrected chi connectivity index (χ3v) is 2.97. The lowest BCUT2D eigenvalue weighted by atomic mass is 10.2. The lowest BCUT2D eigenvalue weighted by Gasteiger charge is -2.20. The van der Waals surface area contributed by atoms with Gasteiger partial charge in [-0.15, -0.1) is 0 Å². The highest BCUT2D eigenvalue weighted by molar-refractivity contribution is 9.08. The van der Waals surface area contributed by atoms with Gasteiger partial charge in [0.1, 0.15) is 5.75 Å². The number of ether oxygens (including phenoxy) is 1. The Labute approximate surface area is 120 Å². The van der Waals surface area contributed by atoms with E-state index < -0.39 is 0 Å². The summed E-state index contributed by atoms with van der Waals surface area (Å²) < 4.78 is 7.86. The number of halogens is 1. The molecule has 98 valence electrons. The number of hydrogen-bond acceptors (Lipinski definition) is 3. The maximum atomic E-state index is 12.4. The lowest BCUT2D eigenvalue weighted by molar-refractivity contribution is 0.0983. The third kappa shape index (κ3) is 3.13. The number of benzene rings is 2. The SMILES string of the molecule is COc1cccc(N(NBr)C(=O)c2ccccc2)c1. The average molecular weight is 321 g/mol. The fourth-order valence-corrected chi connectivity index (χ4v) is 2.03. The highest BCUT2D eigenvalue weighted by Gasteiger charge is 2.17. The molecule has 0 saturated carbocycles. The summed E-state index contributed by atoms with van der Waals surface area (Å²) in [6.45, 7) is 0. The van der Waals surface area contributed by atoms with Crippen LogP contribution in [0.25, 0.3) is 0 Å². The molecular formula is C14H13BrN2O2. The Morgan fingerprint density at radius 3 is 2.53 bits per heavy atom. The minimum atomic E-state index is -0.161. The zero-order valence-corrected chi connectivity index (χ0v) is 11.9. The average Bonchev–Trinajstić information content (AvgIpc) is 2.49. The van der Waals surface area contributed by atoms with Crippen LogP contribution < -0.4 is 14.2 Å². The lowest BCUT2D eigenvalue weighted by Crippen LogP contribution is -2.37. The second-order valence-electron chi connectivity index (χ2n) is 3.79. The number of hydrazine groups is 1. The van der Waals surface area contributed by atoms with E-state index in [2.05, 4.69) is 20.6 Å². The Balaban J connectivity index is 2.31. The molecule has 5 heteroatoms. The largest absolute Gasteiger partial charge is 0.497 e. The summed E-state index contributed by atoms with van der Waals surface area (Å²) in [6, 6.07) is 16.3. The molecule has 0 aromatic heterocycles. The molecule has 4 nitrogen and oxygen atoms in total. The zero-order chi connectivity index (χ0) is 13.7. The molecule has 0 radical (unpaired) electrons. The van der Waals surface area contributed by atoms with Gasteiger partial charge in [-0.25, -0.2) is 5.01 Å². The predicted octanol–water partition coefficient (Wildman–Crippen LogP) is 3.16. The van der Waals surface area contributed by atoms with Gasteiger partial charge in [0.05, 0.1) is 12.8 Å². The van der Waals surface area contributed by atoms with E-state index >= 15 is 0 Å². The molecule has 2 aromatic rings. The first-order valence-electron chi connectivity index (χ1n) is 5.66. The summed E-state index contributed by atoms with van der Waals surface area (Å²) in [5.41, 5.74) is 1.28. The van der Waals surface area contributed by atoms with Crippen molar-refractivity contribution in [2.24, 2.45) is 0 Å². The van der Waals surface area contributed by atoms with Crippen LogP contribution in [0.3, 0.4) is 0 Å². The maximum absolute atomic E-state index is 12.4. The van der Waals surface area contributed by atoms with Crippen LogP contribution in [0.4, 0.5) is 5.69 Å². The second-order valence-corrected chi connectivity index (χ2v) is 4.15. The number of carbonyl (C=O) groups excluding carboxylic acids is 1. The zero-order valence-electron chi connectivity index (χ0n) is 10.3. The van der Waals surface area contributed by atoms with E-state index in [9.17, 15) is 4.79 Å². The van der Waals surface area contributed by atoms with Gasteiger partial charge in [0.15, 0.2) is 0 Å². The summed E-state index contributed by atoms with van der Waals surface area (Å²) in [7, 11) is 1.59. The van der Waals surface area contributed by atoms with Crippen LogP contribution in [0.15, 0.2) is 54.6 Å². The van der Waals surface area contributed by atoms with Crippen molar-refractivity contribution in [3.8, 4) is 5.75 Å². The number of methoxy groups -OCH3 is 1. The summed E-state index contributed by atoms with van der Waals surface area (Å²) in [5.74, 6) is 0.525. The Morgan fingerprint density at radius 1 is 1.16 bits per heavy atom. The van der Waals surface area contributed by atoms with E-state index in [0.717, 1.165) is 0 Å². The van der Waals surface area contributed by atoms with E-state index in [-0.39, 0.29) is 5.91 Å². The molecule has 19 heavy (non-hydrogen) atoms. The molecule has 0 aliphatic heterocycles. The fraction of sp³-hybridized carbons (Fsp3) is 0.0714. The smallest absolute Gasteiger partial charge is 0.273 e. The molecule has 0 aliphatic rings. The molecule has 1 amide bonds. The molecule has 0 saturated heterocycles. The second kappa shape index (κ2) is 6.36. The van der Waals surface area contributed by atoms with Crippen molar-refractivity contribution >= 4 is 27.7 Å². The molecule has 0 aliphatic carbocycles. The van der Waals surface area contributed by atoms with Crippen LogP contribution in [0.2, 0.25) is 0 Å². The first-order chi connectivity index (χ1) is 9.26. The monoisotopic (exact) mass is 320 g/mol. The molecule has 0 atom stereocenters. The molecule has 2 rings (SSSR count). The highest BCUT2D eigenvalue weighted by Crippen LogP contribution is 2.21. The van der Waals surface area contributed by atoms with Gasteiger partial charge in [-0.1, -0.05) is 24.3 Å². The van der Waals surface area contributed by atoms with Gasteiger partial charge in [0, 0.05) is 27.8 Å². The van der Waals surface area contributed by atoms with Gasteiger partial charge in [0.25, 0.3) is 5.91 Å². The summed E-state index contributed by atoms with van der Waals surface area (Å²) in [5, 5.41) is 1.40. The summed E-state index contributed by atoms with van der Waals surface area (Å²) in [6.07, 6.45) is 0. The number of amides is 1. The van der Waals surface area contributed by atoms with E-state index in [0.29, 0.717) is 17.0 Å². The topological polar surface area (TPSA) is 41.6 Å². The highest BCUT2D eigenvalue weighted by atomic mass is 79.9. The van der Waals surface area contributed by atoms with E-state index in [4.69, 9.17) is 4.74 Å². The van der Waals surface area contributed by atoms with Crippen LogP contribution in [0.5, 0.6) is 5.75 Å². The molecule has 1 N–H and O–H groups in total. The van der Waals surface area contributed by atoms with Crippen molar-refractivity contribution in [2.75, 3.05) is 12.1 Å². The van der Waals surface area contributed by atoms with Gasteiger partial charge in [-0.05, 0) is 24.3 Å². The molecule has 0 heterocycles. The number of hydrogen-bond donors (Lipinski definition) is 1. The predicted molar refractivity (Wildman–Crippen MR) is 78.3 cm³/mol. The third-order valence-electron chi connectivity index (χ3n) is 2.62. The molecular weight excluding hydrogens is 308 g/mol. The minimum Gasteiger partial charge on any atom is -0.497 e. The minimum absolute atomic E-state index is 0.161. The normalized spacial score (nSPS) is 10.0. The molecule has 2 aromatic carbocycles. The van der Waals surface area contributed by atoms with Crippen molar-refractivity contribution in [3.05, 3.63) is 60.2 Å². The van der Waals surface area contributed by atoms with Gasteiger partial charge in [0.2, 0.25) is 0 Å². The number of nitrogens with zero attached hydrogens (tertiary/aromatic N) is 1. The van der Waals surface area contributed by atoms with Gasteiger partial charge >= 0.3 is 0 Å². The van der Waals surface area contributed by atoms with Crippen molar-refractivity contribution in [1.82, 2.24) is 4.45 Å². The Bertz CT molecular complexity index is 560. The maximum Gasteiger partial charge on any atom is 0.273 e. The number of anilines is 1. The van der Waals surface area contributed by atoms with Crippen LogP contribution in [0, 0.1) is 0 Å². The van der Waals surface area contributed by atoms with Crippen LogP contribution >= 0.6 is 16.1 Å². The molecule has 0 bridgehead atoms. The van der Waals surface area contributed by atoms with Crippen molar-refractivity contribution in [3.63, 3.8) is 0 Å². The number of carbonyl (C=O) groups is 1. The van der Waals surface area contributed by atoms with Gasteiger partial charge < -0.3 is 4.74 Å². The first kappa shape index (κ1) is 13.6. The molecule has 0 fully saturated rings. The summed E-state index contributed by atoms with van der Waals surface area (Å²) >= 11 is 3.11. The Hall–Kier alpha value is -1.85. The Kier molecular flexibility index (Phi) is 4.54. The van der Waals surface area contributed by atoms with Crippen molar-refractivity contribution in [2.45, 2.75) is 0 Å². The van der Waals surface area contributed by atoms with E-state index in [1.807, 2.05) is 36.4 Å². The van der Waals surface area contributed by atoms with Crippen LogP contribution in [-0.4, -0.2) is 13.0 Å². The quantitative estimate of drug-likeness (QED) is 0.695. The number of rotatable bonds is 4. The van der Waals surface area contributed by atoms with Crippen molar-refractivity contribution in [1.29, 1.82) is 0 Å². The molecule has 0 unspecified atom stereocenters. The van der Waals surface area contributed by atoms with Crippen LogP contribution in [0.1, 0.15) is 10.4 Å². The van der Waals surface area contributed by atoms with Crippen molar-refractivity contribution < 1.29 is 9.53 Å². The van der Waals surface area contributed by atoms with E-state index in [1.165, 1.54) is 5.01 Å².